The lowest BCUT2D eigenvalue weighted by Gasteiger charge is -2.12. The predicted octanol–water partition coefficient (Wildman–Crippen LogP) is 0.379. The average molecular weight is 268 g/mol. The number of amides is 2. The van der Waals surface area contributed by atoms with Crippen molar-refractivity contribution >= 4 is 17.8 Å². The van der Waals surface area contributed by atoms with Crippen LogP contribution in [0.2, 0.25) is 0 Å². The highest BCUT2D eigenvalue weighted by atomic mass is 16.4. The van der Waals surface area contributed by atoms with E-state index >= 15 is 0 Å². The van der Waals surface area contributed by atoms with Gasteiger partial charge in [-0.05, 0) is 25.5 Å². The first-order chi connectivity index (χ1) is 8.99. The zero-order valence-corrected chi connectivity index (χ0v) is 10.5. The van der Waals surface area contributed by atoms with E-state index in [4.69, 9.17) is 9.52 Å². The van der Waals surface area contributed by atoms with Crippen LogP contribution in [0.1, 0.15) is 30.3 Å². The van der Waals surface area contributed by atoms with Gasteiger partial charge in [0.05, 0.1) is 12.8 Å². The summed E-state index contributed by atoms with van der Waals surface area (Å²) in [6.07, 6.45) is 1.69. The minimum atomic E-state index is -0.910. The smallest absolute Gasteiger partial charge is 0.303 e. The van der Waals surface area contributed by atoms with Gasteiger partial charge in [-0.2, -0.15) is 0 Å². The summed E-state index contributed by atoms with van der Waals surface area (Å²) in [6, 6.07) is 2.80. The second kappa shape index (κ2) is 7.20. The largest absolute Gasteiger partial charge is 0.481 e. The summed E-state index contributed by atoms with van der Waals surface area (Å²) < 4.78 is 4.86. The molecule has 0 aliphatic carbocycles. The van der Waals surface area contributed by atoms with Gasteiger partial charge in [-0.15, -0.1) is 0 Å². The van der Waals surface area contributed by atoms with Gasteiger partial charge in [0.2, 0.25) is 5.91 Å². The van der Waals surface area contributed by atoms with E-state index in [1.165, 1.54) is 12.3 Å². The fourth-order valence-electron chi connectivity index (χ4n) is 1.39. The minimum absolute atomic E-state index is 0.0137. The van der Waals surface area contributed by atoms with Gasteiger partial charge in [0, 0.05) is 12.5 Å². The van der Waals surface area contributed by atoms with Gasteiger partial charge in [-0.3, -0.25) is 14.4 Å². The van der Waals surface area contributed by atoms with Crippen molar-refractivity contribution in [3.8, 4) is 0 Å². The Balaban J connectivity index is 2.24. The molecule has 7 nitrogen and oxygen atoms in total. The van der Waals surface area contributed by atoms with Crippen molar-refractivity contribution in [1.82, 2.24) is 10.6 Å². The van der Waals surface area contributed by atoms with Crippen molar-refractivity contribution in [2.24, 2.45) is 0 Å². The number of carboxylic acids is 1. The summed E-state index contributed by atoms with van der Waals surface area (Å²) >= 11 is 0. The molecule has 0 aliphatic rings. The Morgan fingerprint density at radius 2 is 2.16 bits per heavy atom. The van der Waals surface area contributed by atoms with Crippen molar-refractivity contribution in [3.05, 3.63) is 24.2 Å². The van der Waals surface area contributed by atoms with Crippen LogP contribution in [0, 0.1) is 0 Å². The topological polar surface area (TPSA) is 109 Å². The number of hydrogen-bond acceptors (Lipinski definition) is 4. The molecule has 0 aliphatic heterocycles. The molecule has 7 heteroatoms. The second-order valence-electron chi connectivity index (χ2n) is 4.06. The Labute approximate surface area is 110 Å². The van der Waals surface area contributed by atoms with E-state index in [-0.39, 0.29) is 30.7 Å². The van der Waals surface area contributed by atoms with Gasteiger partial charge in [0.25, 0.3) is 5.91 Å². The molecular weight excluding hydrogens is 252 g/mol. The average Bonchev–Trinajstić information content (AvgIpc) is 2.87. The summed E-state index contributed by atoms with van der Waals surface area (Å²) in [5.74, 6) is -1.63. The van der Waals surface area contributed by atoms with Crippen LogP contribution in [0.5, 0.6) is 0 Å². The summed E-state index contributed by atoms with van der Waals surface area (Å²) in [5.41, 5.74) is 0. The van der Waals surface area contributed by atoms with E-state index in [9.17, 15) is 14.4 Å². The first kappa shape index (κ1) is 14.7. The molecule has 0 bridgehead atoms. The molecule has 3 N–H and O–H groups in total. The number of carbonyl (C=O) groups is 3. The number of rotatable bonds is 7. The summed E-state index contributed by atoms with van der Waals surface area (Å²) in [6.45, 7) is 1.52. The Morgan fingerprint density at radius 1 is 1.42 bits per heavy atom. The number of hydrogen-bond donors (Lipinski definition) is 3. The maximum Gasteiger partial charge on any atom is 0.303 e. The van der Waals surface area contributed by atoms with E-state index in [2.05, 4.69) is 10.6 Å². The molecule has 1 unspecified atom stereocenters. The molecule has 1 aromatic rings. The Bertz CT molecular complexity index is 441. The van der Waals surface area contributed by atoms with E-state index in [0.29, 0.717) is 6.42 Å². The lowest BCUT2D eigenvalue weighted by Crippen LogP contribution is -2.41. The maximum absolute atomic E-state index is 11.5. The molecule has 0 aromatic carbocycles. The van der Waals surface area contributed by atoms with Gasteiger partial charge < -0.3 is 20.2 Å². The van der Waals surface area contributed by atoms with E-state index in [1.807, 2.05) is 0 Å². The van der Waals surface area contributed by atoms with Gasteiger partial charge >= 0.3 is 5.97 Å². The number of carboxylic acid groups (broad SMARTS) is 1. The van der Waals surface area contributed by atoms with Gasteiger partial charge in [0.15, 0.2) is 5.76 Å². The molecule has 1 rings (SSSR count). The number of furan rings is 1. The van der Waals surface area contributed by atoms with Crippen LogP contribution in [0.3, 0.4) is 0 Å². The summed E-state index contributed by atoms with van der Waals surface area (Å²) in [5, 5.41) is 13.5. The SMILES string of the molecule is CC(CCC(=O)O)NC(=O)CNC(=O)c1ccco1. The first-order valence-corrected chi connectivity index (χ1v) is 5.82. The number of nitrogens with one attached hydrogen (secondary N) is 2. The van der Waals surface area contributed by atoms with Crippen LogP contribution in [0.15, 0.2) is 22.8 Å². The number of aliphatic carboxylic acids is 1. The standard InChI is InChI=1S/C12H16N2O5/c1-8(4-5-11(16)17)14-10(15)7-13-12(18)9-3-2-6-19-9/h2-3,6,8H,4-5,7H2,1H3,(H,13,18)(H,14,15)(H,16,17). The molecule has 0 fully saturated rings. The zero-order valence-electron chi connectivity index (χ0n) is 10.5. The summed E-state index contributed by atoms with van der Waals surface area (Å²) in [7, 11) is 0. The van der Waals surface area contributed by atoms with Crippen LogP contribution < -0.4 is 10.6 Å². The van der Waals surface area contributed by atoms with Crippen molar-refractivity contribution in [3.63, 3.8) is 0 Å². The third-order valence-corrected chi connectivity index (χ3v) is 2.35. The molecule has 1 heterocycles. The van der Waals surface area contributed by atoms with E-state index in [0.717, 1.165) is 0 Å². The molecular formula is C12H16N2O5. The van der Waals surface area contributed by atoms with E-state index < -0.39 is 11.9 Å². The van der Waals surface area contributed by atoms with Crippen molar-refractivity contribution in [2.45, 2.75) is 25.8 Å². The van der Waals surface area contributed by atoms with Gasteiger partial charge in [-0.25, -0.2) is 0 Å². The zero-order chi connectivity index (χ0) is 14.3. The lowest BCUT2D eigenvalue weighted by molar-refractivity contribution is -0.137. The molecule has 1 atom stereocenters. The molecule has 0 saturated heterocycles. The molecule has 2 amide bonds. The molecule has 0 radical (unpaired) electrons. The van der Waals surface area contributed by atoms with Crippen LogP contribution in [0.25, 0.3) is 0 Å². The Hall–Kier alpha value is -2.31. The van der Waals surface area contributed by atoms with Gasteiger partial charge in [0.1, 0.15) is 0 Å². The van der Waals surface area contributed by atoms with Crippen LogP contribution in [-0.4, -0.2) is 35.5 Å². The quantitative estimate of drug-likeness (QED) is 0.662. The van der Waals surface area contributed by atoms with Crippen molar-refractivity contribution in [1.29, 1.82) is 0 Å². The molecule has 19 heavy (non-hydrogen) atoms. The normalized spacial score (nSPS) is 11.6. The third kappa shape index (κ3) is 5.71. The van der Waals surface area contributed by atoms with Crippen LogP contribution in [0.4, 0.5) is 0 Å². The molecule has 104 valence electrons. The maximum atomic E-state index is 11.5. The molecule has 0 saturated carbocycles. The molecule has 0 spiro atoms. The second-order valence-corrected chi connectivity index (χ2v) is 4.06. The third-order valence-electron chi connectivity index (χ3n) is 2.35. The highest BCUT2D eigenvalue weighted by Crippen LogP contribution is 1.99. The Kier molecular flexibility index (Phi) is 5.59. The first-order valence-electron chi connectivity index (χ1n) is 5.82. The van der Waals surface area contributed by atoms with Crippen LogP contribution in [-0.2, 0) is 9.59 Å². The monoisotopic (exact) mass is 268 g/mol. The fraction of sp³-hybridized carbons (Fsp3) is 0.417. The van der Waals surface area contributed by atoms with Crippen molar-refractivity contribution < 1.29 is 23.9 Å². The lowest BCUT2D eigenvalue weighted by atomic mass is 10.2. The fourth-order valence-corrected chi connectivity index (χ4v) is 1.39. The highest BCUT2D eigenvalue weighted by molar-refractivity contribution is 5.94. The summed E-state index contributed by atoms with van der Waals surface area (Å²) in [4.78, 5) is 33.3. The van der Waals surface area contributed by atoms with Crippen LogP contribution >= 0.6 is 0 Å². The minimum Gasteiger partial charge on any atom is -0.481 e. The van der Waals surface area contributed by atoms with Crippen molar-refractivity contribution in [2.75, 3.05) is 6.54 Å². The number of carbonyl (C=O) groups excluding carboxylic acids is 2. The predicted molar refractivity (Wildman–Crippen MR) is 65.5 cm³/mol. The highest BCUT2D eigenvalue weighted by Gasteiger charge is 2.12. The molecule has 1 aromatic heterocycles. The Morgan fingerprint density at radius 3 is 2.74 bits per heavy atom. The van der Waals surface area contributed by atoms with E-state index in [1.54, 1.807) is 13.0 Å². The van der Waals surface area contributed by atoms with Gasteiger partial charge in [-0.1, -0.05) is 0 Å².